The molecule has 4 aromatic heterocycles. The van der Waals surface area contributed by atoms with Crippen LogP contribution in [0.15, 0.2) is 30.9 Å². The van der Waals surface area contributed by atoms with Crippen molar-refractivity contribution in [3.63, 3.8) is 0 Å². The Morgan fingerprint density at radius 2 is 2.11 bits per heavy atom. The number of hydrogen-bond acceptors (Lipinski definition) is 9. The summed E-state index contributed by atoms with van der Waals surface area (Å²) in [5.74, 6) is -0.0518. The van der Waals surface area contributed by atoms with Crippen LogP contribution < -0.4 is 10.6 Å². The van der Waals surface area contributed by atoms with E-state index in [9.17, 15) is 9.90 Å². The van der Waals surface area contributed by atoms with E-state index in [1.54, 1.807) is 35.2 Å². The molecule has 2 aliphatic rings. The van der Waals surface area contributed by atoms with Crippen molar-refractivity contribution in [3.8, 4) is 21.8 Å². The average Bonchev–Trinajstić information content (AvgIpc) is 3.54. The Morgan fingerprint density at radius 1 is 1.27 bits per heavy atom. The summed E-state index contributed by atoms with van der Waals surface area (Å²) in [6, 6.07) is 1.80. The first-order valence-electron chi connectivity index (χ1n) is 12.3. The number of aromatic nitrogens is 5. The lowest BCUT2D eigenvalue weighted by Crippen LogP contribution is -2.53. The van der Waals surface area contributed by atoms with E-state index in [-0.39, 0.29) is 5.91 Å². The lowest BCUT2D eigenvalue weighted by molar-refractivity contribution is -0.117. The summed E-state index contributed by atoms with van der Waals surface area (Å²) in [6.45, 7) is 8.53. The number of anilines is 2. The lowest BCUT2D eigenvalue weighted by Gasteiger charge is -2.45. The highest BCUT2D eigenvalue weighted by Gasteiger charge is 2.34. The number of aliphatic hydroxyl groups is 1. The van der Waals surface area contributed by atoms with Crippen LogP contribution in [0.25, 0.3) is 26.7 Å². The van der Waals surface area contributed by atoms with Crippen LogP contribution in [-0.4, -0.2) is 73.6 Å². The second-order valence-corrected chi connectivity index (χ2v) is 11.5. The Bertz CT molecular complexity index is 1460. The first-order valence-corrected chi connectivity index (χ1v) is 13.1. The third kappa shape index (κ3) is 4.61. The van der Waals surface area contributed by atoms with Gasteiger partial charge in [-0.1, -0.05) is 13.8 Å². The molecule has 37 heavy (non-hydrogen) atoms. The summed E-state index contributed by atoms with van der Waals surface area (Å²) in [5.41, 5.74) is 4.52. The van der Waals surface area contributed by atoms with Crippen molar-refractivity contribution >= 4 is 33.4 Å². The number of hydrogen-bond donors (Lipinski definition) is 3. The predicted octanol–water partition coefficient (Wildman–Crippen LogP) is 3.05. The van der Waals surface area contributed by atoms with Crippen LogP contribution >= 0.6 is 11.3 Å². The minimum Gasteiger partial charge on any atom is -0.383 e. The van der Waals surface area contributed by atoms with E-state index in [1.807, 2.05) is 23.3 Å². The van der Waals surface area contributed by atoms with Crippen LogP contribution in [0.3, 0.4) is 0 Å². The van der Waals surface area contributed by atoms with Crippen molar-refractivity contribution in [2.24, 2.45) is 5.41 Å². The quantitative estimate of drug-likeness (QED) is 0.323. The molecule has 1 atom stereocenters. The third-order valence-corrected chi connectivity index (χ3v) is 7.87. The molecular weight excluding hydrogens is 492 g/mol. The highest BCUT2D eigenvalue weighted by molar-refractivity contribution is 7.20. The van der Waals surface area contributed by atoms with Gasteiger partial charge in [-0.25, -0.2) is 4.52 Å². The molecule has 6 heterocycles. The van der Waals surface area contributed by atoms with Gasteiger partial charge in [-0.2, -0.15) is 10.2 Å². The second-order valence-electron chi connectivity index (χ2n) is 10.4. The minimum absolute atomic E-state index is 0.0518. The van der Waals surface area contributed by atoms with Crippen LogP contribution in [0.1, 0.15) is 32.1 Å². The molecule has 0 aromatic carbocycles. The van der Waals surface area contributed by atoms with Crippen molar-refractivity contribution < 1.29 is 14.6 Å². The summed E-state index contributed by atoms with van der Waals surface area (Å²) in [5, 5.41) is 26.1. The number of carbonyl (C=O) groups excluding carboxylic acids is 1. The monoisotopic (exact) mass is 522 g/mol. The zero-order valence-electron chi connectivity index (χ0n) is 21.1. The summed E-state index contributed by atoms with van der Waals surface area (Å²) in [7, 11) is 1.67. The smallest absolute Gasteiger partial charge is 0.225 e. The van der Waals surface area contributed by atoms with E-state index >= 15 is 0 Å². The number of rotatable bonds is 8. The van der Waals surface area contributed by atoms with E-state index in [4.69, 9.17) is 9.84 Å². The maximum absolute atomic E-state index is 12.5. The Hall–Kier alpha value is -3.32. The van der Waals surface area contributed by atoms with Gasteiger partial charge < -0.3 is 25.4 Å². The zero-order valence-corrected chi connectivity index (χ0v) is 21.9. The summed E-state index contributed by atoms with van der Waals surface area (Å²) in [4.78, 5) is 21.2. The largest absolute Gasteiger partial charge is 0.383 e. The highest BCUT2D eigenvalue weighted by Crippen LogP contribution is 2.43. The number of thiazole rings is 1. The van der Waals surface area contributed by atoms with E-state index in [2.05, 4.69) is 39.5 Å². The summed E-state index contributed by atoms with van der Waals surface area (Å²) >= 11 is 1.54. The zero-order chi connectivity index (χ0) is 25.7. The Morgan fingerprint density at radius 3 is 2.89 bits per heavy atom. The second kappa shape index (κ2) is 9.21. The maximum atomic E-state index is 12.5. The van der Waals surface area contributed by atoms with Crippen molar-refractivity contribution in [3.05, 3.63) is 36.4 Å². The minimum atomic E-state index is -0.946. The SMILES string of the molecule is COCCn1cc(-c2cn3nc4c(c3s2)C(O)Nc2cc(NC(=O)CCN3CC(C)(C)C3)cnc2-4)cn1. The van der Waals surface area contributed by atoms with Crippen molar-refractivity contribution in [1.29, 1.82) is 0 Å². The molecule has 6 rings (SSSR count). The topological polar surface area (TPSA) is 122 Å². The first-order chi connectivity index (χ1) is 17.8. The predicted molar refractivity (Wildman–Crippen MR) is 141 cm³/mol. The molecule has 2 aliphatic heterocycles. The van der Waals surface area contributed by atoms with Gasteiger partial charge in [0.2, 0.25) is 5.91 Å². The number of methoxy groups -OCH3 is 1. The molecule has 12 heteroatoms. The molecule has 1 unspecified atom stereocenters. The van der Waals surface area contributed by atoms with Crippen LogP contribution in [0, 0.1) is 5.41 Å². The number of nitrogens with one attached hydrogen (secondary N) is 2. The van der Waals surface area contributed by atoms with E-state index in [0.29, 0.717) is 53.3 Å². The average molecular weight is 523 g/mol. The number of fused-ring (bicyclic) bond motifs is 5. The van der Waals surface area contributed by atoms with E-state index in [0.717, 1.165) is 34.9 Å². The summed E-state index contributed by atoms with van der Waals surface area (Å²) < 4.78 is 8.75. The fourth-order valence-corrected chi connectivity index (χ4v) is 6.16. The highest BCUT2D eigenvalue weighted by atomic mass is 32.1. The van der Waals surface area contributed by atoms with Gasteiger partial charge in [-0.15, -0.1) is 11.3 Å². The van der Waals surface area contributed by atoms with Gasteiger partial charge in [0, 0.05) is 51.1 Å². The fourth-order valence-electron chi connectivity index (χ4n) is 5.07. The summed E-state index contributed by atoms with van der Waals surface area (Å²) in [6.07, 6.45) is 6.86. The molecule has 1 amide bonds. The number of aliphatic hydroxyl groups excluding tert-OH is 1. The van der Waals surface area contributed by atoms with Crippen molar-refractivity contribution in [2.45, 2.75) is 33.0 Å². The molecule has 0 bridgehead atoms. The van der Waals surface area contributed by atoms with Crippen molar-refractivity contribution in [1.82, 2.24) is 29.3 Å². The number of ether oxygens (including phenoxy) is 1. The van der Waals surface area contributed by atoms with Gasteiger partial charge in [0.15, 0.2) is 6.23 Å². The van der Waals surface area contributed by atoms with Crippen LogP contribution in [0.2, 0.25) is 0 Å². The Kier molecular flexibility index (Phi) is 5.98. The number of amides is 1. The van der Waals surface area contributed by atoms with Gasteiger partial charge in [0.1, 0.15) is 16.2 Å². The van der Waals surface area contributed by atoms with Crippen molar-refractivity contribution in [2.75, 3.05) is 44.0 Å². The molecule has 0 aliphatic carbocycles. The molecule has 11 nitrogen and oxygen atoms in total. The number of pyridine rings is 1. The molecular formula is C25H30N8O3S. The van der Waals surface area contributed by atoms with Gasteiger partial charge in [-0.3, -0.25) is 14.5 Å². The van der Waals surface area contributed by atoms with Gasteiger partial charge in [-0.05, 0) is 11.5 Å². The van der Waals surface area contributed by atoms with Crippen LogP contribution in [0.4, 0.5) is 11.4 Å². The molecule has 0 radical (unpaired) electrons. The molecule has 1 fully saturated rings. The number of nitrogens with zero attached hydrogens (tertiary/aromatic N) is 6. The van der Waals surface area contributed by atoms with Gasteiger partial charge in [0.05, 0.1) is 47.4 Å². The fraction of sp³-hybridized carbons (Fsp3) is 0.440. The van der Waals surface area contributed by atoms with E-state index in [1.165, 1.54) is 0 Å². The van der Waals surface area contributed by atoms with Crippen LogP contribution in [-0.2, 0) is 16.1 Å². The van der Waals surface area contributed by atoms with E-state index < -0.39 is 6.23 Å². The van der Waals surface area contributed by atoms with Gasteiger partial charge >= 0.3 is 0 Å². The molecule has 3 N–H and O–H groups in total. The molecule has 4 aromatic rings. The van der Waals surface area contributed by atoms with Crippen LogP contribution in [0.5, 0.6) is 0 Å². The standard InChI is InChI=1S/C25H30N8O3S/c1-25(2)13-31(14-25)5-4-19(34)28-16-8-17-21(26-10-16)22-20(23(35)29-17)24-33(30-22)12-18(37-24)15-9-27-32(11-15)6-7-36-3/h8-12,23,29,35H,4-7,13-14H2,1-3H3,(H,28,34). The number of likely N-dealkylation sites (tertiary alicyclic amines) is 1. The maximum Gasteiger partial charge on any atom is 0.225 e. The molecule has 194 valence electrons. The molecule has 1 saturated heterocycles. The first kappa shape index (κ1) is 24.0. The normalized spacial score (nSPS) is 18.2. The third-order valence-electron chi connectivity index (χ3n) is 6.71. The van der Waals surface area contributed by atoms with Gasteiger partial charge in [0.25, 0.3) is 0 Å². The Balaban J connectivity index is 1.19. The number of carbonyl (C=O) groups is 1. The molecule has 0 saturated carbocycles. The molecule has 0 spiro atoms. The Labute approximate surface area is 218 Å². The lowest BCUT2D eigenvalue weighted by atomic mass is 9.84.